The van der Waals surface area contributed by atoms with Crippen LogP contribution < -0.4 is 10.1 Å². The van der Waals surface area contributed by atoms with Crippen LogP contribution in [0.2, 0.25) is 0 Å². The average Bonchev–Trinajstić information content (AvgIpc) is 2.80. The maximum atomic E-state index is 6.17. The molecule has 106 valence electrons. The van der Waals surface area contributed by atoms with Crippen molar-refractivity contribution in [3.8, 4) is 5.75 Å². The molecular formula is C14H16BrN3OS. The number of likely N-dealkylation sites (N-methyl/N-ethyl adjacent to an activating group) is 1. The van der Waals surface area contributed by atoms with Crippen LogP contribution in [0.5, 0.6) is 5.75 Å². The van der Waals surface area contributed by atoms with Crippen LogP contribution in [0.4, 0.5) is 0 Å². The normalized spacial score (nSPS) is 19.2. The Bertz CT molecular complexity index is 597. The number of ether oxygens (including phenoxy) is 1. The third kappa shape index (κ3) is 2.47. The summed E-state index contributed by atoms with van der Waals surface area (Å²) in [7, 11) is 3.91. The second kappa shape index (κ2) is 5.79. The summed E-state index contributed by atoms with van der Waals surface area (Å²) in [5, 5.41) is 7.65. The highest BCUT2D eigenvalue weighted by Gasteiger charge is 2.31. The predicted molar refractivity (Wildman–Crippen MR) is 84.3 cm³/mol. The van der Waals surface area contributed by atoms with E-state index in [-0.39, 0.29) is 12.1 Å². The van der Waals surface area contributed by atoms with E-state index in [1.807, 2.05) is 54.9 Å². The fourth-order valence-corrected chi connectivity index (χ4v) is 4.10. The Morgan fingerprint density at radius 1 is 1.50 bits per heavy atom. The van der Waals surface area contributed by atoms with Gasteiger partial charge in [-0.1, -0.05) is 12.1 Å². The van der Waals surface area contributed by atoms with Gasteiger partial charge in [0, 0.05) is 17.7 Å². The molecular weight excluding hydrogens is 338 g/mol. The van der Waals surface area contributed by atoms with Crippen molar-refractivity contribution in [2.75, 3.05) is 12.8 Å². The molecule has 4 nitrogen and oxygen atoms in total. The quantitative estimate of drug-likeness (QED) is 0.920. The van der Waals surface area contributed by atoms with E-state index in [1.54, 1.807) is 0 Å². The first-order chi connectivity index (χ1) is 9.70. The predicted octanol–water partition coefficient (Wildman–Crippen LogP) is 3.00. The number of benzene rings is 1. The molecule has 6 heteroatoms. The molecule has 0 aliphatic carbocycles. The molecule has 1 aliphatic heterocycles. The second-order valence-electron chi connectivity index (χ2n) is 4.68. The zero-order valence-electron chi connectivity index (χ0n) is 11.3. The summed E-state index contributed by atoms with van der Waals surface area (Å²) in [5.41, 5.74) is 1.11. The van der Waals surface area contributed by atoms with Crippen molar-refractivity contribution >= 4 is 27.7 Å². The van der Waals surface area contributed by atoms with Gasteiger partial charge in [-0.3, -0.25) is 4.68 Å². The van der Waals surface area contributed by atoms with Crippen LogP contribution in [0.1, 0.15) is 11.7 Å². The Labute approximate surface area is 131 Å². The number of halogens is 1. The average molecular weight is 354 g/mol. The van der Waals surface area contributed by atoms with Gasteiger partial charge in [-0.2, -0.15) is 5.10 Å². The first kappa shape index (κ1) is 14.0. The Balaban J connectivity index is 1.89. The molecule has 20 heavy (non-hydrogen) atoms. The molecule has 0 saturated heterocycles. The highest BCUT2D eigenvalue weighted by atomic mass is 79.9. The van der Waals surface area contributed by atoms with E-state index in [4.69, 9.17) is 4.74 Å². The molecule has 1 N–H and O–H groups in total. The first-order valence-electron chi connectivity index (χ1n) is 6.44. The highest BCUT2D eigenvalue weighted by molar-refractivity contribution is 9.10. The van der Waals surface area contributed by atoms with Crippen LogP contribution in [0.15, 0.2) is 39.8 Å². The van der Waals surface area contributed by atoms with Gasteiger partial charge in [0.15, 0.2) is 0 Å². The first-order valence-corrected chi connectivity index (χ1v) is 8.21. The molecule has 1 aromatic heterocycles. The molecule has 0 saturated carbocycles. The van der Waals surface area contributed by atoms with Gasteiger partial charge in [-0.25, -0.2) is 0 Å². The van der Waals surface area contributed by atoms with E-state index in [0.717, 1.165) is 21.7 Å². The SMILES string of the molecule is CNC(c1c(Br)cnn1C)C1CSc2ccccc2O1. The number of fused-ring (bicyclic) bond motifs is 1. The number of aromatic nitrogens is 2. The molecule has 2 atom stereocenters. The lowest BCUT2D eigenvalue weighted by atomic mass is 10.1. The van der Waals surface area contributed by atoms with Crippen LogP contribution in [-0.2, 0) is 7.05 Å². The summed E-state index contributed by atoms with van der Waals surface area (Å²) < 4.78 is 9.07. The molecule has 0 bridgehead atoms. The van der Waals surface area contributed by atoms with Gasteiger partial charge in [-0.05, 0) is 35.1 Å². The summed E-state index contributed by atoms with van der Waals surface area (Å²) in [4.78, 5) is 1.21. The van der Waals surface area contributed by atoms with Gasteiger partial charge >= 0.3 is 0 Å². The van der Waals surface area contributed by atoms with Crippen molar-refractivity contribution in [2.24, 2.45) is 7.05 Å². The Hall–Kier alpha value is -0.980. The van der Waals surface area contributed by atoms with Crippen molar-refractivity contribution in [2.45, 2.75) is 17.0 Å². The van der Waals surface area contributed by atoms with Crippen LogP contribution in [0.25, 0.3) is 0 Å². The van der Waals surface area contributed by atoms with Crippen LogP contribution in [-0.4, -0.2) is 28.7 Å². The van der Waals surface area contributed by atoms with Gasteiger partial charge < -0.3 is 10.1 Å². The van der Waals surface area contributed by atoms with Gasteiger partial charge in [0.05, 0.1) is 22.4 Å². The standard InChI is InChI=1S/C14H16BrN3OS/c1-16-13(14-9(15)7-17-18(14)2)11-8-20-12-6-4-3-5-10(12)19-11/h3-7,11,13,16H,8H2,1-2H3. The minimum Gasteiger partial charge on any atom is -0.486 e. The van der Waals surface area contributed by atoms with Crippen molar-refractivity contribution in [1.29, 1.82) is 0 Å². The Kier molecular flexibility index (Phi) is 4.05. The minimum atomic E-state index is 0.0756. The van der Waals surface area contributed by atoms with Gasteiger partial charge in [-0.15, -0.1) is 11.8 Å². The lowest BCUT2D eigenvalue weighted by Crippen LogP contribution is -2.38. The van der Waals surface area contributed by atoms with E-state index in [1.165, 1.54) is 4.90 Å². The van der Waals surface area contributed by atoms with Gasteiger partial charge in [0.25, 0.3) is 0 Å². The lowest BCUT2D eigenvalue weighted by Gasteiger charge is -2.32. The summed E-state index contributed by atoms with van der Waals surface area (Å²) in [6, 6.07) is 8.28. The lowest BCUT2D eigenvalue weighted by molar-refractivity contribution is 0.166. The van der Waals surface area contributed by atoms with Crippen molar-refractivity contribution < 1.29 is 4.74 Å². The fourth-order valence-electron chi connectivity index (χ4n) is 2.47. The zero-order valence-corrected chi connectivity index (χ0v) is 13.7. The summed E-state index contributed by atoms with van der Waals surface area (Å²) in [6.07, 6.45) is 1.90. The van der Waals surface area contributed by atoms with Crippen LogP contribution in [0, 0.1) is 0 Å². The fraction of sp³-hybridized carbons (Fsp3) is 0.357. The molecule has 2 heterocycles. The molecule has 0 radical (unpaired) electrons. The number of nitrogens with one attached hydrogen (secondary N) is 1. The second-order valence-corrected chi connectivity index (χ2v) is 6.60. The number of nitrogens with zero attached hydrogens (tertiary/aromatic N) is 2. The third-order valence-corrected chi connectivity index (χ3v) is 5.20. The van der Waals surface area contributed by atoms with Crippen molar-refractivity contribution in [1.82, 2.24) is 15.1 Å². The molecule has 3 rings (SSSR count). The molecule has 0 fully saturated rings. The van der Waals surface area contributed by atoms with E-state index in [9.17, 15) is 0 Å². The summed E-state index contributed by atoms with van der Waals surface area (Å²) in [5.74, 6) is 1.88. The van der Waals surface area contributed by atoms with E-state index in [2.05, 4.69) is 32.4 Å². The Morgan fingerprint density at radius 3 is 3.00 bits per heavy atom. The molecule has 2 aromatic rings. The molecule has 1 aromatic carbocycles. The molecule has 2 unspecified atom stereocenters. The number of thioether (sulfide) groups is 1. The number of para-hydroxylation sites is 1. The minimum absolute atomic E-state index is 0.0756. The smallest absolute Gasteiger partial charge is 0.133 e. The maximum absolute atomic E-state index is 6.17. The number of hydrogen-bond donors (Lipinski definition) is 1. The number of hydrogen-bond acceptors (Lipinski definition) is 4. The van der Waals surface area contributed by atoms with Crippen LogP contribution >= 0.6 is 27.7 Å². The van der Waals surface area contributed by atoms with E-state index < -0.39 is 0 Å². The molecule has 0 spiro atoms. The third-order valence-electron chi connectivity index (χ3n) is 3.45. The van der Waals surface area contributed by atoms with Crippen LogP contribution in [0.3, 0.4) is 0 Å². The van der Waals surface area contributed by atoms with Gasteiger partial charge in [0.1, 0.15) is 11.9 Å². The Morgan fingerprint density at radius 2 is 2.30 bits per heavy atom. The number of aryl methyl sites for hydroxylation is 1. The van der Waals surface area contributed by atoms with Gasteiger partial charge in [0.2, 0.25) is 0 Å². The largest absolute Gasteiger partial charge is 0.486 e. The zero-order chi connectivity index (χ0) is 14.1. The van der Waals surface area contributed by atoms with E-state index in [0.29, 0.717) is 0 Å². The number of rotatable bonds is 3. The summed E-state index contributed by atoms with van der Waals surface area (Å²) >= 11 is 5.41. The maximum Gasteiger partial charge on any atom is 0.133 e. The van der Waals surface area contributed by atoms with Crippen molar-refractivity contribution in [3.63, 3.8) is 0 Å². The summed E-state index contributed by atoms with van der Waals surface area (Å²) in [6.45, 7) is 0. The monoisotopic (exact) mass is 353 g/mol. The van der Waals surface area contributed by atoms with Crippen molar-refractivity contribution in [3.05, 3.63) is 40.6 Å². The molecule has 1 aliphatic rings. The topological polar surface area (TPSA) is 39.1 Å². The van der Waals surface area contributed by atoms with E-state index >= 15 is 0 Å². The molecule has 0 amide bonds. The highest BCUT2D eigenvalue weighted by Crippen LogP contribution is 2.39.